The molecule has 0 unspecified atom stereocenters. The van der Waals surface area contributed by atoms with Crippen LogP contribution in [0, 0.1) is 0 Å². The molecule has 1 aromatic rings. The van der Waals surface area contributed by atoms with Gasteiger partial charge in [0.05, 0.1) is 6.54 Å². The van der Waals surface area contributed by atoms with Gasteiger partial charge < -0.3 is 16.0 Å². The van der Waals surface area contributed by atoms with Crippen molar-refractivity contribution in [2.45, 2.75) is 6.42 Å². The van der Waals surface area contributed by atoms with Gasteiger partial charge >= 0.3 is 0 Å². The summed E-state index contributed by atoms with van der Waals surface area (Å²) in [4.78, 5) is 16.9. The van der Waals surface area contributed by atoms with E-state index in [0.717, 1.165) is 43.9 Å². The summed E-state index contributed by atoms with van der Waals surface area (Å²) in [6, 6.07) is 7.28. The average Bonchev–Trinajstić information content (AvgIpc) is 2.64. The Kier molecular flexibility index (Phi) is 5.67. The van der Waals surface area contributed by atoms with Crippen LogP contribution in [0.15, 0.2) is 24.3 Å². The van der Waals surface area contributed by atoms with E-state index in [1.54, 1.807) is 0 Å². The zero-order valence-electron chi connectivity index (χ0n) is 12.3. The number of hydrogen-bond donors (Lipinski definition) is 2. The minimum Gasteiger partial charge on any atom is -0.389 e. The van der Waals surface area contributed by atoms with Crippen LogP contribution in [0.4, 0.5) is 5.69 Å². The first-order chi connectivity index (χ1) is 10.0. The molecule has 6 heteroatoms. The largest absolute Gasteiger partial charge is 0.389 e. The molecule has 2 rings (SSSR count). The summed E-state index contributed by atoms with van der Waals surface area (Å²) in [6.07, 6.45) is 1.10. The number of rotatable bonds is 4. The first-order valence-electron chi connectivity index (χ1n) is 7.15. The molecule has 1 heterocycles. The van der Waals surface area contributed by atoms with Crippen LogP contribution < -0.4 is 11.1 Å². The Morgan fingerprint density at radius 1 is 1.24 bits per heavy atom. The lowest BCUT2D eigenvalue weighted by Crippen LogP contribution is -2.35. The Labute approximate surface area is 131 Å². The first-order valence-corrected chi connectivity index (χ1v) is 7.56. The number of anilines is 1. The standard InChI is InChI=1S/C15H22N4OS/c1-18-7-2-8-19(10-9-18)11-14(20)17-13-5-3-12(4-6-13)15(16)21/h3-6H,2,7-11H2,1H3,(H2,16,21)(H,17,20). The molecule has 1 aliphatic rings. The average molecular weight is 306 g/mol. The highest BCUT2D eigenvalue weighted by Gasteiger charge is 2.15. The van der Waals surface area contributed by atoms with Crippen molar-refractivity contribution in [1.29, 1.82) is 0 Å². The molecule has 21 heavy (non-hydrogen) atoms. The van der Waals surface area contributed by atoms with Crippen LogP contribution in [0.3, 0.4) is 0 Å². The molecular formula is C15H22N4OS. The van der Waals surface area contributed by atoms with Crippen molar-refractivity contribution in [2.24, 2.45) is 5.73 Å². The molecule has 0 saturated carbocycles. The molecule has 0 atom stereocenters. The summed E-state index contributed by atoms with van der Waals surface area (Å²) in [5.41, 5.74) is 7.12. The lowest BCUT2D eigenvalue weighted by molar-refractivity contribution is -0.117. The van der Waals surface area contributed by atoms with E-state index in [9.17, 15) is 4.79 Å². The van der Waals surface area contributed by atoms with Gasteiger partial charge in [-0.25, -0.2) is 0 Å². The highest BCUT2D eigenvalue weighted by atomic mass is 32.1. The number of amides is 1. The van der Waals surface area contributed by atoms with Crippen molar-refractivity contribution >= 4 is 28.8 Å². The van der Waals surface area contributed by atoms with Gasteiger partial charge in [0.15, 0.2) is 0 Å². The Balaban J connectivity index is 1.85. The quantitative estimate of drug-likeness (QED) is 0.809. The minimum absolute atomic E-state index is 0.0163. The third kappa shape index (κ3) is 5.08. The molecule has 0 aromatic heterocycles. The van der Waals surface area contributed by atoms with Gasteiger partial charge in [0.1, 0.15) is 4.99 Å². The van der Waals surface area contributed by atoms with Gasteiger partial charge in [-0.2, -0.15) is 0 Å². The molecule has 1 fully saturated rings. The number of benzene rings is 1. The normalized spacial score (nSPS) is 17.2. The van der Waals surface area contributed by atoms with E-state index in [1.807, 2.05) is 24.3 Å². The van der Waals surface area contributed by atoms with Crippen molar-refractivity contribution in [2.75, 3.05) is 45.1 Å². The second-order valence-electron chi connectivity index (χ2n) is 5.42. The maximum absolute atomic E-state index is 12.1. The zero-order valence-corrected chi connectivity index (χ0v) is 13.2. The van der Waals surface area contributed by atoms with E-state index in [-0.39, 0.29) is 5.91 Å². The number of hydrogen-bond acceptors (Lipinski definition) is 4. The van der Waals surface area contributed by atoms with Gasteiger partial charge in [0.25, 0.3) is 0 Å². The predicted octanol–water partition coefficient (Wildman–Crippen LogP) is 0.897. The van der Waals surface area contributed by atoms with Gasteiger partial charge in [-0.05, 0) is 50.8 Å². The maximum Gasteiger partial charge on any atom is 0.238 e. The van der Waals surface area contributed by atoms with Gasteiger partial charge in [-0.3, -0.25) is 9.69 Å². The molecule has 1 aliphatic heterocycles. The number of carbonyl (C=O) groups is 1. The Morgan fingerprint density at radius 3 is 2.62 bits per heavy atom. The van der Waals surface area contributed by atoms with Crippen LogP contribution in [-0.4, -0.2) is 60.5 Å². The fraction of sp³-hybridized carbons (Fsp3) is 0.467. The van der Waals surface area contributed by atoms with Crippen LogP contribution in [-0.2, 0) is 4.79 Å². The van der Waals surface area contributed by atoms with Crippen molar-refractivity contribution in [1.82, 2.24) is 9.80 Å². The molecule has 0 aliphatic carbocycles. The molecule has 1 saturated heterocycles. The summed E-state index contributed by atoms with van der Waals surface area (Å²) >= 11 is 4.90. The maximum atomic E-state index is 12.1. The summed E-state index contributed by atoms with van der Waals surface area (Å²) in [6.45, 7) is 4.45. The van der Waals surface area contributed by atoms with Gasteiger partial charge in [-0.1, -0.05) is 12.2 Å². The van der Waals surface area contributed by atoms with Crippen LogP contribution in [0.25, 0.3) is 0 Å². The van der Waals surface area contributed by atoms with Crippen LogP contribution in [0.2, 0.25) is 0 Å². The van der Waals surface area contributed by atoms with Crippen LogP contribution in [0.5, 0.6) is 0 Å². The third-order valence-corrected chi connectivity index (χ3v) is 3.87. The predicted molar refractivity (Wildman–Crippen MR) is 89.5 cm³/mol. The van der Waals surface area contributed by atoms with E-state index in [4.69, 9.17) is 18.0 Å². The third-order valence-electron chi connectivity index (χ3n) is 3.63. The molecule has 0 bridgehead atoms. The second-order valence-corrected chi connectivity index (χ2v) is 5.86. The summed E-state index contributed by atoms with van der Waals surface area (Å²) in [5, 5.41) is 2.91. The number of thiocarbonyl (C=S) groups is 1. The van der Waals surface area contributed by atoms with Crippen molar-refractivity contribution in [3.63, 3.8) is 0 Å². The molecule has 1 aromatic carbocycles. The van der Waals surface area contributed by atoms with Gasteiger partial charge in [0, 0.05) is 24.3 Å². The second kappa shape index (κ2) is 7.49. The lowest BCUT2D eigenvalue weighted by Gasteiger charge is -2.19. The number of nitrogens with one attached hydrogen (secondary N) is 1. The van der Waals surface area contributed by atoms with E-state index >= 15 is 0 Å². The minimum atomic E-state index is 0.0163. The SMILES string of the molecule is CN1CCCN(CC(=O)Nc2ccc(C(N)=S)cc2)CC1. The van der Waals surface area contributed by atoms with E-state index < -0.39 is 0 Å². The fourth-order valence-corrected chi connectivity index (χ4v) is 2.52. The van der Waals surface area contributed by atoms with Crippen molar-refractivity contribution in [3.8, 4) is 0 Å². The van der Waals surface area contributed by atoms with Crippen molar-refractivity contribution < 1.29 is 4.79 Å². The topological polar surface area (TPSA) is 61.6 Å². The summed E-state index contributed by atoms with van der Waals surface area (Å²) in [7, 11) is 2.12. The van der Waals surface area contributed by atoms with Gasteiger partial charge in [0.2, 0.25) is 5.91 Å². The molecule has 0 spiro atoms. The number of nitrogens with zero attached hydrogens (tertiary/aromatic N) is 2. The molecule has 5 nitrogen and oxygen atoms in total. The molecule has 3 N–H and O–H groups in total. The lowest BCUT2D eigenvalue weighted by atomic mass is 10.2. The zero-order chi connectivity index (χ0) is 15.2. The van der Waals surface area contributed by atoms with E-state index in [0.29, 0.717) is 11.5 Å². The summed E-state index contributed by atoms with van der Waals surface area (Å²) in [5.74, 6) is 0.0163. The molecular weight excluding hydrogens is 284 g/mol. The monoisotopic (exact) mass is 306 g/mol. The highest BCUT2D eigenvalue weighted by Crippen LogP contribution is 2.10. The van der Waals surface area contributed by atoms with Crippen molar-refractivity contribution in [3.05, 3.63) is 29.8 Å². The van der Waals surface area contributed by atoms with E-state index in [2.05, 4.69) is 22.2 Å². The number of likely N-dealkylation sites (N-methyl/N-ethyl adjacent to an activating group) is 1. The highest BCUT2D eigenvalue weighted by molar-refractivity contribution is 7.80. The van der Waals surface area contributed by atoms with Crippen LogP contribution in [0.1, 0.15) is 12.0 Å². The first kappa shape index (κ1) is 15.9. The Bertz CT molecular complexity index is 503. The molecule has 0 radical (unpaired) electrons. The van der Waals surface area contributed by atoms with Gasteiger partial charge in [-0.15, -0.1) is 0 Å². The van der Waals surface area contributed by atoms with E-state index in [1.165, 1.54) is 0 Å². The number of carbonyl (C=O) groups excluding carboxylic acids is 1. The number of nitrogens with two attached hydrogens (primary N) is 1. The summed E-state index contributed by atoms with van der Waals surface area (Å²) < 4.78 is 0. The molecule has 114 valence electrons. The van der Waals surface area contributed by atoms with Crippen LogP contribution >= 0.6 is 12.2 Å². The Hall–Kier alpha value is -1.50. The smallest absolute Gasteiger partial charge is 0.238 e. The Morgan fingerprint density at radius 2 is 1.95 bits per heavy atom. The molecule has 1 amide bonds. The fourth-order valence-electron chi connectivity index (χ4n) is 2.38.